The van der Waals surface area contributed by atoms with E-state index >= 15 is 0 Å². The van der Waals surface area contributed by atoms with Gasteiger partial charge in [-0.05, 0) is 66.2 Å². The summed E-state index contributed by atoms with van der Waals surface area (Å²) in [5, 5.41) is 12.5. The third-order valence-electron chi connectivity index (χ3n) is 12.0. The fraction of sp³-hybridized carbons (Fsp3) is 0.500. The van der Waals surface area contributed by atoms with Crippen LogP contribution in [0.5, 0.6) is 11.5 Å². The lowest BCUT2D eigenvalue weighted by atomic mass is 9.55. The number of Topliss-reactive ketones (excluding diaryl/α,β-unsaturated/α-hetero) is 1. The van der Waals surface area contributed by atoms with Gasteiger partial charge in [-0.15, -0.1) is 0 Å². The van der Waals surface area contributed by atoms with E-state index in [0.717, 1.165) is 11.1 Å². The largest absolute Gasteiger partial charge is 0.493 e. The number of methoxy groups -OCH3 is 1. The maximum atomic E-state index is 13.9. The lowest BCUT2D eigenvalue weighted by Crippen LogP contribution is -2.70. The lowest BCUT2D eigenvalue weighted by molar-refractivity contribution is -0.421. The molecule has 5 N–H and O–H groups in total. The lowest BCUT2D eigenvalue weighted by Gasteiger charge is -2.59. The van der Waals surface area contributed by atoms with Gasteiger partial charge in [0.25, 0.3) is 5.97 Å². The molecule has 294 valence electrons. The summed E-state index contributed by atoms with van der Waals surface area (Å²) in [6.45, 7) is 11.0. The molecule has 2 aliphatic heterocycles. The number of rotatable bonds is 13. The van der Waals surface area contributed by atoms with Gasteiger partial charge in [-0.1, -0.05) is 62.1 Å². The van der Waals surface area contributed by atoms with Gasteiger partial charge in [-0.2, -0.15) is 0 Å². The summed E-state index contributed by atoms with van der Waals surface area (Å²) in [5.41, 5.74) is 10.8. The summed E-state index contributed by atoms with van der Waals surface area (Å²) in [7, 11) is 1.43. The smallest absolute Gasteiger partial charge is 0.415 e. The molecule has 8 atom stereocenters. The minimum Gasteiger partial charge on any atom is -0.493 e. The molecule has 3 aliphatic carbocycles. The van der Waals surface area contributed by atoms with Gasteiger partial charge in [0, 0.05) is 44.4 Å². The Kier molecular flexibility index (Phi) is 10.3. The standard InChI is InChI=1S/C42H51N3O10/c1-25(2)40-21-27(4)42-31(37(40)53-41(54-40,55-42)23-28-9-7-6-8-10-28)18-30(22-39(49)34(42)17-26(3)36(39)47)24-51-35(46)20-29-11-12-32(33(19-29)50-5)52-38(48)45(15-13-43)16-14-44/h6-12,17-19,27,31,34,37,49H,1,13-16,20-24,43-44H2,2-5H3/t27-,31+,34-,37-,39-,40-,41-,42-/m1/s1. The zero-order valence-corrected chi connectivity index (χ0v) is 31.9. The fourth-order valence-electron chi connectivity index (χ4n) is 9.55. The molecule has 2 aromatic carbocycles. The molecule has 0 spiro atoms. The van der Waals surface area contributed by atoms with Crippen LogP contribution in [0, 0.1) is 17.8 Å². The third-order valence-corrected chi connectivity index (χ3v) is 12.0. The van der Waals surface area contributed by atoms with Crippen molar-refractivity contribution in [2.45, 2.75) is 75.3 Å². The van der Waals surface area contributed by atoms with Crippen LogP contribution in [-0.4, -0.2) is 96.6 Å². The van der Waals surface area contributed by atoms with Crippen LogP contribution in [0.2, 0.25) is 0 Å². The third kappa shape index (κ3) is 6.50. The number of nitrogens with zero attached hydrogens (tertiary/aromatic N) is 1. The van der Waals surface area contributed by atoms with Crippen molar-refractivity contribution in [2.75, 3.05) is 39.9 Å². The Morgan fingerprint density at radius 3 is 2.44 bits per heavy atom. The SMILES string of the molecule is C=C(C)[C@]12C[C@@H](C)[C@@]34O[C@](Cc5ccccc5)(O[C@@H]1[C@@H]3C=C(COC(=O)Cc1ccc(OC(=O)N(CCN)CCN)c(OC)c1)C[C@]1(O)C(=O)C(C)=C[C@@H]41)O2. The van der Waals surface area contributed by atoms with Gasteiger partial charge in [-0.25, -0.2) is 4.79 Å². The summed E-state index contributed by atoms with van der Waals surface area (Å²) in [5.74, 6) is -3.38. The highest BCUT2D eigenvalue weighted by Gasteiger charge is 2.79. The van der Waals surface area contributed by atoms with Crippen molar-refractivity contribution in [3.8, 4) is 11.5 Å². The van der Waals surface area contributed by atoms with Crippen molar-refractivity contribution in [1.82, 2.24) is 4.90 Å². The Hall–Kier alpha value is -4.37. The first-order valence-electron chi connectivity index (χ1n) is 18.9. The quantitative estimate of drug-likeness (QED) is 0.199. The van der Waals surface area contributed by atoms with Crippen molar-refractivity contribution in [3.63, 3.8) is 0 Å². The molecule has 5 aliphatic rings. The van der Waals surface area contributed by atoms with E-state index in [2.05, 4.69) is 13.5 Å². The van der Waals surface area contributed by atoms with E-state index in [1.54, 1.807) is 25.1 Å². The number of ether oxygens (including phenoxy) is 6. The van der Waals surface area contributed by atoms with E-state index in [4.69, 9.17) is 39.9 Å². The molecule has 0 aromatic heterocycles. The summed E-state index contributed by atoms with van der Waals surface area (Å²) in [6, 6.07) is 14.6. The van der Waals surface area contributed by atoms with E-state index < -0.39 is 52.8 Å². The minimum atomic E-state index is -1.84. The maximum Gasteiger partial charge on any atom is 0.415 e. The Labute approximate surface area is 321 Å². The zero-order valence-electron chi connectivity index (χ0n) is 31.9. The Morgan fingerprint density at radius 2 is 1.76 bits per heavy atom. The molecule has 0 radical (unpaired) electrons. The van der Waals surface area contributed by atoms with Crippen LogP contribution in [0.15, 0.2) is 84.0 Å². The molecule has 13 heteroatoms. The number of esters is 1. The monoisotopic (exact) mass is 757 g/mol. The number of ketones is 1. The summed E-state index contributed by atoms with van der Waals surface area (Å²) < 4.78 is 37.8. The molecule has 2 saturated heterocycles. The van der Waals surface area contributed by atoms with E-state index in [1.165, 1.54) is 12.0 Å². The van der Waals surface area contributed by atoms with Crippen molar-refractivity contribution in [3.05, 3.63) is 95.1 Å². The van der Waals surface area contributed by atoms with Gasteiger partial charge in [0.15, 0.2) is 17.3 Å². The normalized spacial score (nSPS) is 32.8. The van der Waals surface area contributed by atoms with Crippen LogP contribution < -0.4 is 20.9 Å². The van der Waals surface area contributed by atoms with Gasteiger partial charge in [0.2, 0.25) is 0 Å². The van der Waals surface area contributed by atoms with Gasteiger partial charge in [0.05, 0.1) is 25.6 Å². The van der Waals surface area contributed by atoms with E-state index in [9.17, 15) is 19.5 Å². The first-order valence-corrected chi connectivity index (χ1v) is 18.9. The van der Waals surface area contributed by atoms with Gasteiger partial charge < -0.3 is 49.9 Å². The van der Waals surface area contributed by atoms with Crippen LogP contribution in [0.1, 0.15) is 44.7 Å². The van der Waals surface area contributed by atoms with Crippen molar-refractivity contribution in [2.24, 2.45) is 29.2 Å². The van der Waals surface area contributed by atoms with E-state index in [-0.39, 0.29) is 68.8 Å². The van der Waals surface area contributed by atoms with Crippen LogP contribution >= 0.6 is 0 Å². The second kappa shape index (κ2) is 14.6. The number of carbonyl (C=O) groups excluding carboxylic acids is 3. The van der Waals surface area contributed by atoms with Gasteiger partial charge in [0.1, 0.15) is 23.9 Å². The molecule has 55 heavy (non-hydrogen) atoms. The van der Waals surface area contributed by atoms with Crippen LogP contribution in [0.3, 0.4) is 0 Å². The van der Waals surface area contributed by atoms with Gasteiger partial charge >= 0.3 is 12.1 Å². The number of fused-ring (bicyclic) bond motifs is 2. The number of hydrogen-bond donors (Lipinski definition) is 3. The van der Waals surface area contributed by atoms with Crippen molar-refractivity contribution in [1.29, 1.82) is 0 Å². The Balaban J connectivity index is 1.15. The molecule has 13 nitrogen and oxygen atoms in total. The number of aliphatic hydroxyl groups is 1. The number of benzene rings is 2. The minimum absolute atomic E-state index is 0.0511. The average Bonchev–Trinajstić information content (AvgIpc) is 3.46. The molecule has 0 unspecified atom stereocenters. The Bertz CT molecular complexity index is 1930. The summed E-state index contributed by atoms with van der Waals surface area (Å²) >= 11 is 0. The van der Waals surface area contributed by atoms with Crippen LogP contribution in [0.4, 0.5) is 4.79 Å². The summed E-state index contributed by atoms with van der Waals surface area (Å²) in [6.07, 6.45) is 3.31. The molecule has 3 fully saturated rings. The highest BCUT2D eigenvalue weighted by Crippen LogP contribution is 2.68. The Morgan fingerprint density at radius 1 is 1.04 bits per heavy atom. The first kappa shape index (κ1) is 38.9. The van der Waals surface area contributed by atoms with E-state index in [0.29, 0.717) is 29.6 Å². The predicted molar refractivity (Wildman–Crippen MR) is 201 cm³/mol. The second-order valence-electron chi connectivity index (χ2n) is 15.6. The number of hydrogen-bond acceptors (Lipinski definition) is 12. The zero-order chi connectivity index (χ0) is 39.3. The maximum absolute atomic E-state index is 13.9. The molecule has 2 heterocycles. The topological polar surface area (TPSA) is 182 Å². The predicted octanol–water partition coefficient (Wildman–Crippen LogP) is 3.76. The molecule has 7 rings (SSSR count). The molecule has 2 aromatic rings. The fourth-order valence-corrected chi connectivity index (χ4v) is 9.55. The first-order chi connectivity index (χ1) is 26.2. The average molecular weight is 758 g/mol. The van der Waals surface area contributed by atoms with Crippen LogP contribution in [-0.2, 0) is 41.4 Å². The van der Waals surface area contributed by atoms with Crippen LogP contribution in [0.25, 0.3) is 0 Å². The molecular weight excluding hydrogens is 706 g/mol. The summed E-state index contributed by atoms with van der Waals surface area (Å²) in [4.78, 5) is 41.4. The second-order valence-corrected chi connectivity index (χ2v) is 15.6. The number of carbonyl (C=O) groups is 3. The number of nitrogens with two attached hydrogens (primary N) is 2. The van der Waals surface area contributed by atoms with Crippen molar-refractivity contribution >= 4 is 17.8 Å². The van der Waals surface area contributed by atoms with Gasteiger partial charge in [-0.3, -0.25) is 9.59 Å². The highest BCUT2D eigenvalue weighted by atomic mass is 16.9. The van der Waals surface area contributed by atoms with E-state index in [1.807, 2.05) is 49.4 Å². The molecular formula is C42H51N3O10. The van der Waals surface area contributed by atoms with Crippen molar-refractivity contribution < 1.29 is 47.9 Å². The molecule has 1 saturated carbocycles. The number of amides is 1. The molecule has 3 bridgehead atoms. The molecule has 1 amide bonds. The highest BCUT2D eigenvalue weighted by molar-refractivity contribution is 6.05.